The topological polar surface area (TPSA) is 70.2 Å². The van der Waals surface area contributed by atoms with Crippen molar-refractivity contribution in [3.05, 3.63) is 65.2 Å². The highest BCUT2D eigenvalue weighted by Gasteiger charge is 2.44. The van der Waals surface area contributed by atoms with E-state index in [0.29, 0.717) is 13.0 Å². The molecule has 1 aliphatic carbocycles. The fourth-order valence-corrected chi connectivity index (χ4v) is 3.61. The summed E-state index contributed by atoms with van der Waals surface area (Å²) in [5.74, 6) is 0.0196. The third kappa shape index (κ3) is 3.29. The van der Waals surface area contributed by atoms with Gasteiger partial charge in [0.15, 0.2) is 0 Å². The number of anilines is 1. The fourth-order valence-electron chi connectivity index (χ4n) is 3.61. The predicted octanol–water partition coefficient (Wildman–Crippen LogP) is 3.27. The summed E-state index contributed by atoms with van der Waals surface area (Å²) in [6.45, 7) is 2.60. The van der Waals surface area contributed by atoms with Gasteiger partial charge < -0.3 is 16.0 Å². The lowest BCUT2D eigenvalue weighted by Crippen LogP contribution is -2.40. The van der Waals surface area contributed by atoms with Crippen LogP contribution in [0.5, 0.6) is 0 Å². The quantitative estimate of drug-likeness (QED) is 0.775. The van der Waals surface area contributed by atoms with E-state index in [9.17, 15) is 9.59 Å². The van der Waals surface area contributed by atoms with Crippen molar-refractivity contribution in [1.29, 1.82) is 0 Å². The van der Waals surface area contributed by atoms with Gasteiger partial charge >= 0.3 is 6.03 Å². The van der Waals surface area contributed by atoms with E-state index < -0.39 is 0 Å². The lowest BCUT2D eigenvalue weighted by Gasteiger charge is -2.19. The van der Waals surface area contributed by atoms with Crippen molar-refractivity contribution in [3.8, 4) is 0 Å². The summed E-state index contributed by atoms with van der Waals surface area (Å²) in [6, 6.07) is 15.9. The van der Waals surface area contributed by atoms with Crippen LogP contribution in [-0.4, -0.2) is 18.5 Å². The molecule has 5 heteroatoms. The molecule has 1 saturated carbocycles. The lowest BCUT2D eigenvalue weighted by atomic mass is 9.96. The minimum absolute atomic E-state index is 0.0196. The first kappa shape index (κ1) is 16.6. The van der Waals surface area contributed by atoms with Crippen molar-refractivity contribution in [3.63, 3.8) is 0 Å². The van der Waals surface area contributed by atoms with Crippen LogP contribution in [0.2, 0.25) is 0 Å². The Hall–Kier alpha value is -2.82. The second kappa shape index (κ2) is 6.48. The zero-order valence-electron chi connectivity index (χ0n) is 14.8. The summed E-state index contributed by atoms with van der Waals surface area (Å²) in [5, 5.41) is 8.85. The molecule has 26 heavy (non-hydrogen) atoms. The molecule has 4 rings (SSSR count). The largest absolute Gasteiger partial charge is 0.337 e. The molecule has 2 aromatic rings. The Morgan fingerprint density at radius 2 is 1.96 bits per heavy atom. The number of benzene rings is 2. The van der Waals surface area contributed by atoms with Crippen molar-refractivity contribution in [2.45, 2.75) is 37.6 Å². The highest BCUT2D eigenvalue weighted by molar-refractivity contribution is 5.99. The Labute approximate surface area is 153 Å². The summed E-state index contributed by atoms with van der Waals surface area (Å²) >= 11 is 0. The maximum absolute atomic E-state index is 12.3. The van der Waals surface area contributed by atoms with Gasteiger partial charge in [0.2, 0.25) is 5.91 Å². The Morgan fingerprint density at radius 3 is 2.69 bits per heavy atom. The third-order valence-corrected chi connectivity index (χ3v) is 5.43. The Morgan fingerprint density at radius 1 is 1.19 bits per heavy atom. The highest BCUT2D eigenvalue weighted by atomic mass is 16.2. The van der Waals surface area contributed by atoms with Gasteiger partial charge in [-0.1, -0.05) is 42.5 Å². The van der Waals surface area contributed by atoms with Crippen LogP contribution >= 0.6 is 0 Å². The molecule has 0 saturated heterocycles. The molecular formula is C21H23N3O2. The molecule has 0 aromatic heterocycles. The fraction of sp³-hybridized carbons (Fsp3) is 0.333. The molecule has 1 heterocycles. The normalized spacial score (nSPS) is 17.8. The van der Waals surface area contributed by atoms with E-state index in [4.69, 9.17) is 0 Å². The Balaban J connectivity index is 1.34. The maximum atomic E-state index is 12.3. The number of carbonyl (C=O) groups is 2. The van der Waals surface area contributed by atoms with E-state index in [1.807, 2.05) is 43.3 Å². The average molecular weight is 349 g/mol. The van der Waals surface area contributed by atoms with Gasteiger partial charge in [0, 0.05) is 17.6 Å². The monoisotopic (exact) mass is 349 g/mol. The maximum Gasteiger partial charge on any atom is 0.315 e. The molecule has 0 bridgehead atoms. The Kier molecular flexibility index (Phi) is 4.15. The molecule has 0 spiro atoms. The summed E-state index contributed by atoms with van der Waals surface area (Å²) in [7, 11) is 0. The second-order valence-electron chi connectivity index (χ2n) is 7.34. The van der Waals surface area contributed by atoms with Gasteiger partial charge in [-0.3, -0.25) is 4.79 Å². The van der Waals surface area contributed by atoms with Crippen molar-refractivity contribution in [2.24, 2.45) is 0 Å². The number of nitrogens with one attached hydrogen (secondary N) is 3. The van der Waals surface area contributed by atoms with Crippen LogP contribution in [0.4, 0.5) is 10.5 Å². The summed E-state index contributed by atoms with van der Waals surface area (Å²) < 4.78 is 0. The molecule has 1 atom stereocenters. The van der Waals surface area contributed by atoms with Crippen molar-refractivity contribution >= 4 is 17.6 Å². The van der Waals surface area contributed by atoms with Gasteiger partial charge in [-0.2, -0.15) is 0 Å². The highest BCUT2D eigenvalue weighted by Crippen LogP contribution is 2.47. The number of carbonyl (C=O) groups excluding carboxylic acids is 2. The minimum Gasteiger partial charge on any atom is -0.337 e. The van der Waals surface area contributed by atoms with E-state index in [1.165, 1.54) is 5.56 Å². The van der Waals surface area contributed by atoms with Crippen LogP contribution in [0.1, 0.15) is 42.5 Å². The SMILES string of the molecule is C[C@H](NC(=O)NCC1(c2ccccc2)CC1)c1ccc2c(c1)CC(=O)N2. The number of amides is 3. The smallest absolute Gasteiger partial charge is 0.315 e. The van der Waals surface area contributed by atoms with Crippen LogP contribution < -0.4 is 16.0 Å². The first-order valence-electron chi connectivity index (χ1n) is 9.08. The van der Waals surface area contributed by atoms with Gasteiger partial charge in [-0.15, -0.1) is 0 Å². The van der Waals surface area contributed by atoms with E-state index in [2.05, 4.69) is 28.1 Å². The number of hydrogen-bond donors (Lipinski definition) is 3. The van der Waals surface area contributed by atoms with Crippen LogP contribution in [0.3, 0.4) is 0 Å². The van der Waals surface area contributed by atoms with E-state index in [1.54, 1.807) is 0 Å². The first-order valence-corrected chi connectivity index (χ1v) is 9.08. The molecule has 3 N–H and O–H groups in total. The molecule has 2 aliphatic rings. The van der Waals surface area contributed by atoms with Crippen molar-refractivity contribution in [1.82, 2.24) is 10.6 Å². The minimum atomic E-state index is -0.158. The van der Waals surface area contributed by atoms with Gasteiger partial charge in [0.05, 0.1) is 12.5 Å². The molecule has 134 valence electrons. The summed E-state index contributed by atoms with van der Waals surface area (Å²) in [6.07, 6.45) is 2.62. The van der Waals surface area contributed by atoms with Gasteiger partial charge in [0.1, 0.15) is 0 Å². The summed E-state index contributed by atoms with van der Waals surface area (Å²) in [4.78, 5) is 23.8. The molecule has 1 fully saturated rings. The number of hydrogen-bond acceptors (Lipinski definition) is 2. The van der Waals surface area contributed by atoms with Crippen LogP contribution in [0.25, 0.3) is 0 Å². The summed E-state index contributed by atoms with van der Waals surface area (Å²) in [5.41, 5.74) is 4.25. The van der Waals surface area contributed by atoms with E-state index in [0.717, 1.165) is 29.7 Å². The lowest BCUT2D eigenvalue weighted by molar-refractivity contribution is -0.115. The van der Waals surface area contributed by atoms with Crippen molar-refractivity contribution < 1.29 is 9.59 Å². The Bertz CT molecular complexity index is 844. The zero-order valence-corrected chi connectivity index (χ0v) is 14.8. The van der Waals surface area contributed by atoms with Crippen molar-refractivity contribution in [2.75, 3.05) is 11.9 Å². The standard InChI is InChI=1S/C21H23N3O2/c1-14(15-7-8-18-16(11-15)12-19(25)24-18)23-20(26)22-13-21(9-10-21)17-5-3-2-4-6-17/h2-8,11,14H,9-10,12-13H2,1H3,(H,24,25)(H2,22,23,26)/t14-/m0/s1. The number of rotatable bonds is 5. The average Bonchev–Trinajstić information content (AvgIpc) is 3.34. The molecular weight excluding hydrogens is 326 g/mol. The zero-order chi connectivity index (χ0) is 18.1. The van der Waals surface area contributed by atoms with Crippen LogP contribution in [0.15, 0.2) is 48.5 Å². The number of urea groups is 1. The first-order chi connectivity index (χ1) is 12.6. The second-order valence-corrected chi connectivity index (χ2v) is 7.34. The molecule has 5 nitrogen and oxygen atoms in total. The van der Waals surface area contributed by atoms with E-state index >= 15 is 0 Å². The predicted molar refractivity (Wildman–Crippen MR) is 101 cm³/mol. The molecule has 0 radical (unpaired) electrons. The van der Waals surface area contributed by atoms with E-state index in [-0.39, 0.29) is 23.4 Å². The van der Waals surface area contributed by atoms with Gasteiger partial charge in [0.25, 0.3) is 0 Å². The number of fused-ring (bicyclic) bond motifs is 1. The molecule has 0 unspecified atom stereocenters. The van der Waals surface area contributed by atoms with Gasteiger partial charge in [-0.05, 0) is 42.5 Å². The molecule has 1 aliphatic heterocycles. The van der Waals surface area contributed by atoms with Crippen LogP contribution in [-0.2, 0) is 16.6 Å². The third-order valence-electron chi connectivity index (χ3n) is 5.43. The van der Waals surface area contributed by atoms with Gasteiger partial charge in [-0.25, -0.2) is 4.79 Å². The molecule has 2 aromatic carbocycles. The van der Waals surface area contributed by atoms with Crippen LogP contribution in [0, 0.1) is 0 Å². The molecule has 3 amide bonds.